The van der Waals surface area contributed by atoms with Crippen LogP contribution in [0.1, 0.15) is 80.1 Å². The van der Waals surface area contributed by atoms with Crippen molar-refractivity contribution < 1.29 is 17.1 Å². The Bertz CT molecular complexity index is 1050. The Morgan fingerprint density at radius 2 is 1.44 bits per heavy atom. The molecule has 5 heteroatoms. The van der Waals surface area contributed by atoms with Crippen LogP contribution >= 0.6 is 17.2 Å². The van der Waals surface area contributed by atoms with Gasteiger partial charge in [0.15, 0.2) is 0 Å². The summed E-state index contributed by atoms with van der Waals surface area (Å²) in [6, 6.07) is 11.0. The number of hydrogen-bond donors (Lipinski definition) is 2. The summed E-state index contributed by atoms with van der Waals surface area (Å²) in [5.41, 5.74) is 5.92. The standard InChI is InChI=1S/C31H49N2P2.C5H5.Fe/c1-29(2,3)35(30(4,5)6)22-25-20-24(23-14-8-7-9-15-23)21-26(25)31(34,27-16-10-12-18-32-27)28-17-11-13-19-33-28;1-2-4-5-3-1;/h7-9,14-15,20-21,27-28,32-33H,10-13,16-19,22,34H2,1-6H3;1-5H;/q2*-1;+2. The maximum Gasteiger partial charge on any atom is 2.00 e. The molecule has 5 rings (SSSR count). The second-order valence-electron chi connectivity index (χ2n) is 13.9. The molecule has 0 radical (unpaired) electrons. The summed E-state index contributed by atoms with van der Waals surface area (Å²) in [5.74, 6) is 0. The minimum atomic E-state index is -0.223. The Balaban J connectivity index is 0.000000696. The van der Waals surface area contributed by atoms with E-state index >= 15 is 0 Å². The molecule has 1 aromatic rings. The third kappa shape index (κ3) is 8.88. The normalized spacial score (nSPS) is 26.2. The molecule has 0 amide bonds. The molecule has 226 valence electrons. The van der Waals surface area contributed by atoms with E-state index in [1.54, 1.807) is 11.1 Å². The molecule has 2 heterocycles. The fourth-order valence-electron chi connectivity index (χ4n) is 7.00. The third-order valence-corrected chi connectivity index (χ3v) is 13.8. The number of nitrogens with one attached hydrogen (secondary N) is 2. The quantitative estimate of drug-likeness (QED) is 0.193. The monoisotopic (exact) mass is 632 g/mol. The van der Waals surface area contributed by atoms with Gasteiger partial charge in [0.25, 0.3) is 0 Å². The summed E-state index contributed by atoms with van der Waals surface area (Å²) in [7, 11) is 3.23. The van der Waals surface area contributed by atoms with Crippen LogP contribution in [-0.2, 0) is 17.1 Å². The van der Waals surface area contributed by atoms with Gasteiger partial charge in [-0.3, -0.25) is 0 Å². The first kappa shape index (κ1) is 34.7. The molecule has 4 aliphatic rings. The largest absolute Gasteiger partial charge is 2.00 e. The van der Waals surface area contributed by atoms with Gasteiger partial charge in [-0.05, 0) is 66.4 Å². The van der Waals surface area contributed by atoms with E-state index < -0.39 is 0 Å². The molecule has 3 atom stereocenters. The zero-order valence-electron chi connectivity index (χ0n) is 26.3. The van der Waals surface area contributed by atoms with Crippen LogP contribution in [0.15, 0.2) is 89.1 Å². The Hall–Kier alpha value is -0.781. The molecule has 2 aliphatic heterocycles. The molecule has 2 nitrogen and oxygen atoms in total. The molecule has 3 unspecified atom stereocenters. The van der Waals surface area contributed by atoms with E-state index in [0.29, 0.717) is 22.4 Å². The van der Waals surface area contributed by atoms with Crippen LogP contribution in [-0.4, -0.2) is 46.8 Å². The Morgan fingerprint density at radius 1 is 0.854 bits per heavy atom. The molecule has 1 aromatic carbocycles. The van der Waals surface area contributed by atoms with Crippen molar-refractivity contribution in [3.63, 3.8) is 0 Å². The summed E-state index contributed by atoms with van der Waals surface area (Å²) in [6.45, 7) is 17.1. The van der Waals surface area contributed by atoms with Crippen molar-refractivity contribution >= 4 is 17.2 Å². The second-order valence-corrected chi connectivity index (χ2v) is 18.7. The summed E-state index contributed by atoms with van der Waals surface area (Å²) < 4.78 is 0. The van der Waals surface area contributed by atoms with Crippen molar-refractivity contribution in [1.82, 2.24) is 10.6 Å². The fraction of sp³-hybridized carbons (Fsp3) is 0.556. The van der Waals surface area contributed by atoms with Crippen LogP contribution in [0.2, 0.25) is 0 Å². The second kappa shape index (κ2) is 15.3. The molecule has 2 aliphatic carbocycles. The number of hydrogen-bond acceptors (Lipinski definition) is 2. The molecule has 41 heavy (non-hydrogen) atoms. The maximum atomic E-state index is 3.99. The smallest absolute Gasteiger partial charge is 0.313 e. The van der Waals surface area contributed by atoms with Crippen molar-refractivity contribution in [1.29, 1.82) is 0 Å². The number of allylic oxidation sites excluding steroid dienone is 9. The molecular weight excluding hydrogens is 578 g/mol. The van der Waals surface area contributed by atoms with Crippen LogP contribution < -0.4 is 10.6 Å². The molecular formula is C36H54FeN2P2. The molecule has 0 spiro atoms. The van der Waals surface area contributed by atoms with Crippen molar-refractivity contribution in [2.45, 2.75) is 108 Å². The molecule has 0 aromatic heterocycles. The van der Waals surface area contributed by atoms with Gasteiger partial charge in [0.2, 0.25) is 0 Å². The van der Waals surface area contributed by atoms with Crippen LogP contribution in [0.25, 0.3) is 0 Å². The van der Waals surface area contributed by atoms with E-state index in [1.807, 2.05) is 30.3 Å². The van der Waals surface area contributed by atoms with Crippen molar-refractivity contribution in [2.24, 2.45) is 0 Å². The van der Waals surface area contributed by atoms with Gasteiger partial charge in [-0.15, -0.1) is 45.5 Å². The number of rotatable bonds is 5. The zero-order chi connectivity index (χ0) is 28.8. The van der Waals surface area contributed by atoms with Gasteiger partial charge in [-0.2, -0.15) is 18.2 Å². The average Bonchev–Trinajstić information content (AvgIpc) is 3.66. The van der Waals surface area contributed by atoms with Gasteiger partial charge >= 0.3 is 17.1 Å². The van der Waals surface area contributed by atoms with E-state index in [1.165, 1.54) is 55.8 Å². The van der Waals surface area contributed by atoms with E-state index in [0.717, 1.165) is 13.1 Å². The fourth-order valence-corrected chi connectivity index (χ4v) is 11.4. The zero-order valence-corrected chi connectivity index (χ0v) is 29.5. The minimum absolute atomic E-state index is 0. The van der Waals surface area contributed by atoms with E-state index in [4.69, 9.17) is 0 Å². The maximum absolute atomic E-state index is 3.99. The van der Waals surface area contributed by atoms with Crippen molar-refractivity contribution in [3.8, 4) is 0 Å². The Morgan fingerprint density at radius 3 is 1.85 bits per heavy atom. The predicted octanol–water partition coefficient (Wildman–Crippen LogP) is 8.86. The molecule has 2 N–H and O–H groups in total. The first-order chi connectivity index (χ1) is 19.0. The molecule has 2 fully saturated rings. The molecule has 0 saturated carbocycles. The van der Waals surface area contributed by atoms with Gasteiger partial charge in [0.1, 0.15) is 0 Å². The summed E-state index contributed by atoms with van der Waals surface area (Å²) in [6.07, 6.45) is 25.2. The van der Waals surface area contributed by atoms with E-state index in [9.17, 15) is 0 Å². The topological polar surface area (TPSA) is 24.1 Å². The summed E-state index contributed by atoms with van der Waals surface area (Å²) in [5, 5.41) is 8.61. The first-order valence-corrected chi connectivity index (χ1v) is 17.7. The Kier molecular flexibility index (Phi) is 12.9. The van der Waals surface area contributed by atoms with Crippen LogP contribution in [0.4, 0.5) is 0 Å². The predicted molar refractivity (Wildman–Crippen MR) is 183 cm³/mol. The van der Waals surface area contributed by atoms with Gasteiger partial charge < -0.3 is 10.6 Å². The van der Waals surface area contributed by atoms with E-state index in [-0.39, 0.29) is 30.1 Å². The van der Waals surface area contributed by atoms with Crippen LogP contribution in [0, 0.1) is 6.42 Å². The van der Waals surface area contributed by atoms with Crippen LogP contribution in [0.3, 0.4) is 0 Å². The minimum Gasteiger partial charge on any atom is -0.313 e. The van der Waals surface area contributed by atoms with Gasteiger partial charge in [0, 0.05) is 17.2 Å². The summed E-state index contributed by atoms with van der Waals surface area (Å²) >= 11 is 0. The Labute approximate surface area is 266 Å². The van der Waals surface area contributed by atoms with Gasteiger partial charge in [-0.25, -0.2) is 12.1 Å². The van der Waals surface area contributed by atoms with Crippen molar-refractivity contribution in [3.05, 3.63) is 95.5 Å². The van der Waals surface area contributed by atoms with Gasteiger partial charge in [-0.1, -0.05) is 80.0 Å². The summed E-state index contributed by atoms with van der Waals surface area (Å²) in [4.78, 5) is 0. The van der Waals surface area contributed by atoms with Gasteiger partial charge in [0.05, 0.1) is 0 Å². The molecule has 2 saturated heterocycles. The van der Waals surface area contributed by atoms with Crippen LogP contribution in [0.5, 0.6) is 0 Å². The third-order valence-electron chi connectivity index (χ3n) is 8.83. The van der Waals surface area contributed by atoms with Crippen molar-refractivity contribution in [2.75, 3.05) is 19.3 Å². The van der Waals surface area contributed by atoms with E-state index in [2.05, 4.69) is 104 Å². The molecule has 0 bridgehead atoms. The first-order valence-electron chi connectivity index (χ1n) is 15.6. The average molecular weight is 633 g/mol. The number of piperidine rings is 2. The SMILES string of the molecule is CC(C)(C)P(CC1=CC(=C2C=CC=C[CH-]2)C=C1C(P)(C1CCCCN1)C1CCCCN1)C(C)(C)C.[Fe+2].c1cc[cH-]c1.